The van der Waals surface area contributed by atoms with Gasteiger partial charge < -0.3 is 5.73 Å². The molecule has 52 valence electrons. The van der Waals surface area contributed by atoms with Crippen LogP contribution >= 0.6 is 11.3 Å². The summed E-state index contributed by atoms with van der Waals surface area (Å²) in [5.41, 5.74) is 7.27. The quantitative estimate of drug-likeness (QED) is 0.605. The van der Waals surface area contributed by atoms with Gasteiger partial charge in [0, 0.05) is 4.88 Å². The molecule has 1 heterocycles. The average Bonchev–Trinajstić information content (AvgIpc) is 2.20. The Balaban J connectivity index is 2.25. The van der Waals surface area contributed by atoms with Gasteiger partial charge in [-0.05, 0) is 36.3 Å². The summed E-state index contributed by atoms with van der Waals surface area (Å²) >= 11 is 1.80. The van der Waals surface area contributed by atoms with Crippen molar-refractivity contribution in [3.63, 3.8) is 0 Å². The number of hydrogen-bond donors (Lipinski definition) is 1. The van der Waals surface area contributed by atoms with Gasteiger partial charge in [0.05, 0.1) is 5.00 Å². The van der Waals surface area contributed by atoms with Crippen LogP contribution in [0.2, 0.25) is 0 Å². The molecule has 0 radical (unpaired) electrons. The predicted molar refractivity (Wildman–Crippen MR) is 43.4 cm³/mol. The van der Waals surface area contributed by atoms with Crippen LogP contribution in [0.1, 0.15) is 35.1 Å². The normalized spacial score (nSPS) is 33.6. The molecule has 0 aromatic carbocycles. The van der Waals surface area contributed by atoms with Crippen LogP contribution in [0, 0.1) is 0 Å². The van der Waals surface area contributed by atoms with Crippen LogP contribution in [0.3, 0.4) is 0 Å². The Hall–Kier alpha value is -0.500. The van der Waals surface area contributed by atoms with Crippen molar-refractivity contribution < 1.29 is 0 Å². The topological polar surface area (TPSA) is 26.0 Å². The van der Waals surface area contributed by atoms with Crippen molar-refractivity contribution in [2.24, 2.45) is 0 Å². The van der Waals surface area contributed by atoms with E-state index >= 15 is 0 Å². The zero-order chi connectivity index (χ0) is 6.72. The number of hydrogen-bond acceptors (Lipinski definition) is 2. The van der Waals surface area contributed by atoms with Gasteiger partial charge in [0.1, 0.15) is 0 Å². The molecule has 2 bridgehead atoms. The maximum atomic E-state index is 5.69. The highest BCUT2D eigenvalue weighted by molar-refractivity contribution is 7.16. The minimum Gasteiger partial charge on any atom is -0.391 e. The molecule has 3 aliphatic carbocycles. The molecule has 1 aromatic rings. The van der Waals surface area contributed by atoms with E-state index in [1.54, 1.807) is 21.8 Å². The molecule has 2 N–H and O–H groups in total. The minimum absolute atomic E-state index is 0.897. The van der Waals surface area contributed by atoms with Gasteiger partial charge in [-0.1, -0.05) is 0 Å². The van der Waals surface area contributed by atoms with Gasteiger partial charge in [-0.15, -0.1) is 11.3 Å². The third-order valence-corrected chi connectivity index (χ3v) is 3.90. The van der Waals surface area contributed by atoms with Gasteiger partial charge in [0.2, 0.25) is 0 Å². The third-order valence-electron chi connectivity index (χ3n) is 2.76. The van der Waals surface area contributed by atoms with E-state index in [-0.39, 0.29) is 0 Å². The Bertz CT molecular complexity index is 258. The first-order valence-electron chi connectivity index (χ1n) is 3.73. The van der Waals surface area contributed by atoms with Crippen LogP contribution in [-0.2, 0) is 0 Å². The summed E-state index contributed by atoms with van der Waals surface area (Å²) in [6, 6.07) is 2.18. The number of anilines is 1. The minimum atomic E-state index is 0.897. The van der Waals surface area contributed by atoms with E-state index in [0.717, 1.165) is 16.8 Å². The fraction of sp³-hybridized carbons (Fsp3) is 0.500. The lowest BCUT2D eigenvalue weighted by Gasteiger charge is -2.23. The first-order valence-corrected chi connectivity index (χ1v) is 4.55. The van der Waals surface area contributed by atoms with Gasteiger partial charge in [-0.3, -0.25) is 0 Å². The fourth-order valence-corrected chi connectivity index (χ4v) is 3.31. The predicted octanol–water partition coefficient (Wildman–Crippen LogP) is 2.30. The molecular formula is C8H9NS. The van der Waals surface area contributed by atoms with Gasteiger partial charge in [0.25, 0.3) is 0 Å². The molecule has 1 fully saturated rings. The molecular weight excluding hydrogens is 142 g/mol. The number of nitrogens with two attached hydrogens (primary N) is 1. The first-order chi connectivity index (χ1) is 4.84. The standard InChI is InChI=1S/C8H9NS/c9-7-3-6-4-1-5(2-4)8(6)10-7/h3-5H,1-2,9H2. The van der Waals surface area contributed by atoms with Gasteiger partial charge in [0.15, 0.2) is 0 Å². The van der Waals surface area contributed by atoms with Crippen LogP contribution in [0.5, 0.6) is 0 Å². The molecule has 2 heteroatoms. The maximum Gasteiger partial charge on any atom is 0.0862 e. The van der Waals surface area contributed by atoms with Crippen molar-refractivity contribution in [3.8, 4) is 0 Å². The summed E-state index contributed by atoms with van der Waals surface area (Å²) in [5.74, 6) is 1.80. The highest BCUT2D eigenvalue weighted by atomic mass is 32.1. The Morgan fingerprint density at radius 3 is 2.90 bits per heavy atom. The molecule has 3 aliphatic rings. The molecule has 1 aromatic heterocycles. The summed E-state index contributed by atoms with van der Waals surface area (Å²) in [4.78, 5) is 1.60. The molecule has 0 spiro atoms. The summed E-state index contributed by atoms with van der Waals surface area (Å²) in [6.45, 7) is 0. The lowest BCUT2D eigenvalue weighted by molar-refractivity contribution is 0.407. The molecule has 1 nitrogen and oxygen atoms in total. The lowest BCUT2D eigenvalue weighted by atomic mass is 9.82. The van der Waals surface area contributed by atoms with E-state index in [1.807, 2.05) is 0 Å². The summed E-state index contributed by atoms with van der Waals surface area (Å²) in [5, 5.41) is 1.01. The van der Waals surface area contributed by atoms with E-state index in [2.05, 4.69) is 6.07 Å². The van der Waals surface area contributed by atoms with E-state index in [4.69, 9.17) is 5.73 Å². The van der Waals surface area contributed by atoms with Gasteiger partial charge >= 0.3 is 0 Å². The summed E-state index contributed by atoms with van der Waals surface area (Å²) in [7, 11) is 0. The number of nitrogen functional groups attached to an aromatic ring is 1. The van der Waals surface area contributed by atoms with Crippen LogP contribution in [-0.4, -0.2) is 0 Å². The average molecular weight is 151 g/mol. The second kappa shape index (κ2) is 1.40. The van der Waals surface area contributed by atoms with Crippen molar-refractivity contribution in [2.45, 2.75) is 24.7 Å². The maximum absolute atomic E-state index is 5.69. The second-order valence-electron chi connectivity index (χ2n) is 3.33. The zero-order valence-electron chi connectivity index (χ0n) is 5.63. The van der Waals surface area contributed by atoms with E-state index in [9.17, 15) is 0 Å². The smallest absolute Gasteiger partial charge is 0.0862 e. The molecule has 0 aliphatic heterocycles. The van der Waals surface area contributed by atoms with E-state index < -0.39 is 0 Å². The van der Waals surface area contributed by atoms with E-state index in [1.165, 1.54) is 12.8 Å². The summed E-state index contributed by atoms with van der Waals surface area (Å²) in [6.07, 6.45) is 2.84. The molecule has 0 saturated heterocycles. The van der Waals surface area contributed by atoms with Crippen molar-refractivity contribution >= 4 is 16.3 Å². The van der Waals surface area contributed by atoms with Crippen molar-refractivity contribution in [3.05, 3.63) is 16.5 Å². The second-order valence-corrected chi connectivity index (χ2v) is 4.45. The largest absolute Gasteiger partial charge is 0.391 e. The fourth-order valence-electron chi connectivity index (χ4n) is 2.16. The molecule has 10 heavy (non-hydrogen) atoms. The van der Waals surface area contributed by atoms with Crippen molar-refractivity contribution in [1.82, 2.24) is 0 Å². The Kier molecular flexibility index (Phi) is 0.725. The SMILES string of the molecule is Nc1cc2c(s1)C1CC2C1. The third kappa shape index (κ3) is 0.419. The Labute approximate surface area is 63.9 Å². The van der Waals surface area contributed by atoms with Gasteiger partial charge in [-0.25, -0.2) is 0 Å². The zero-order valence-corrected chi connectivity index (χ0v) is 6.45. The van der Waals surface area contributed by atoms with Crippen LogP contribution in [0.15, 0.2) is 6.07 Å². The Morgan fingerprint density at radius 2 is 2.20 bits per heavy atom. The Morgan fingerprint density at radius 1 is 1.40 bits per heavy atom. The van der Waals surface area contributed by atoms with Crippen LogP contribution < -0.4 is 5.73 Å². The van der Waals surface area contributed by atoms with Gasteiger partial charge in [-0.2, -0.15) is 0 Å². The number of rotatable bonds is 0. The number of thiophene rings is 1. The lowest BCUT2D eigenvalue weighted by Crippen LogP contribution is -2.07. The van der Waals surface area contributed by atoms with Crippen LogP contribution in [0.25, 0.3) is 0 Å². The van der Waals surface area contributed by atoms with Crippen molar-refractivity contribution in [1.29, 1.82) is 0 Å². The first kappa shape index (κ1) is 5.19. The summed E-state index contributed by atoms with van der Waals surface area (Å²) < 4.78 is 0. The van der Waals surface area contributed by atoms with Crippen LogP contribution in [0.4, 0.5) is 5.00 Å². The highest BCUT2D eigenvalue weighted by Gasteiger charge is 2.43. The highest BCUT2D eigenvalue weighted by Crippen LogP contribution is 2.60. The molecule has 1 saturated carbocycles. The molecule has 4 rings (SSSR count). The molecule has 0 amide bonds. The van der Waals surface area contributed by atoms with Crippen molar-refractivity contribution in [2.75, 3.05) is 5.73 Å². The van der Waals surface area contributed by atoms with E-state index in [0.29, 0.717) is 0 Å². The molecule has 0 atom stereocenters. The molecule has 0 unspecified atom stereocenters. The monoisotopic (exact) mass is 151 g/mol.